The molecule has 2 fully saturated rings. The Morgan fingerprint density at radius 3 is 2.77 bits per heavy atom. The van der Waals surface area contributed by atoms with Crippen molar-refractivity contribution < 1.29 is 28.9 Å². The van der Waals surface area contributed by atoms with Crippen molar-refractivity contribution in [3.8, 4) is 5.88 Å². The van der Waals surface area contributed by atoms with Crippen LogP contribution in [0.2, 0.25) is 0 Å². The fraction of sp³-hybridized carbons (Fsp3) is 0.400. The predicted octanol–water partition coefficient (Wildman–Crippen LogP) is 1.55. The summed E-state index contributed by atoms with van der Waals surface area (Å²) in [6.07, 6.45) is 2.44. The SMILES string of the molecule is CC1(C)OC2C(CNC(=O)CCC(=O)Nc3cccc4c(O)[nH]cc34)OC(n3cnc4c(N)ncnc43)C2O1. The number of imidazole rings is 1. The molecule has 0 radical (unpaired) electrons. The van der Waals surface area contributed by atoms with E-state index in [1.54, 1.807) is 35.3 Å². The molecule has 2 saturated heterocycles. The van der Waals surface area contributed by atoms with Crippen LogP contribution in [0.5, 0.6) is 5.88 Å². The highest BCUT2D eigenvalue weighted by molar-refractivity contribution is 6.04. The first-order valence-electron chi connectivity index (χ1n) is 12.5. The van der Waals surface area contributed by atoms with Crippen LogP contribution in [0.25, 0.3) is 21.9 Å². The van der Waals surface area contributed by atoms with E-state index in [0.29, 0.717) is 27.6 Å². The van der Waals surface area contributed by atoms with E-state index in [2.05, 4.69) is 30.6 Å². The summed E-state index contributed by atoms with van der Waals surface area (Å²) in [5, 5.41) is 16.8. The van der Waals surface area contributed by atoms with Crippen LogP contribution in [0, 0.1) is 0 Å². The number of hydrogen-bond donors (Lipinski definition) is 5. The van der Waals surface area contributed by atoms with E-state index in [0.717, 1.165) is 0 Å². The molecule has 4 unspecified atom stereocenters. The van der Waals surface area contributed by atoms with E-state index in [9.17, 15) is 14.7 Å². The molecule has 1 aromatic carbocycles. The normalized spacial score (nSPS) is 23.7. The van der Waals surface area contributed by atoms with E-state index >= 15 is 0 Å². The zero-order valence-electron chi connectivity index (χ0n) is 21.2. The highest BCUT2D eigenvalue weighted by Crippen LogP contribution is 2.43. The van der Waals surface area contributed by atoms with Crippen molar-refractivity contribution in [2.75, 3.05) is 17.6 Å². The molecule has 3 aromatic heterocycles. The van der Waals surface area contributed by atoms with E-state index in [-0.39, 0.29) is 42.9 Å². The lowest BCUT2D eigenvalue weighted by Gasteiger charge is -2.25. The summed E-state index contributed by atoms with van der Waals surface area (Å²) in [5.41, 5.74) is 7.44. The van der Waals surface area contributed by atoms with Crippen molar-refractivity contribution in [3.63, 3.8) is 0 Å². The fourth-order valence-corrected chi connectivity index (χ4v) is 5.10. The first-order valence-corrected chi connectivity index (χ1v) is 12.5. The summed E-state index contributed by atoms with van der Waals surface area (Å²) in [4.78, 5) is 40.4. The number of fused-ring (bicyclic) bond motifs is 3. The molecule has 14 nitrogen and oxygen atoms in total. The molecule has 4 aromatic rings. The highest BCUT2D eigenvalue weighted by Gasteiger charge is 2.56. The molecule has 0 saturated carbocycles. The van der Waals surface area contributed by atoms with Crippen LogP contribution >= 0.6 is 0 Å². The Bertz CT molecular complexity index is 1560. The molecule has 4 atom stereocenters. The van der Waals surface area contributed by atoms with Gasteiger partial charge in [0.1, 0.15) is 30.2 Å². The molecule has 6 N–H and O–H groups in total. The summed E-state index contributed by atoms with van der Waals surface area (Å²) < 4.78 is 20.2. The Labute approximate surface area is 221 Å². The van der Waals surface area contributed by atoms with E-state index in [1.165, 1.54) is 6.33 Å². The number of aromatic nitrogens is 5. The zero-order valence-corrected chi connectivity index (χ0v) is 21.2. The van der Waals surface area contributed by atoms with Gasteiger partial charge in [-0.25, -0.2) is 15.0 Å². The van der Waals surface area contributed by atoms with Crippen LogP contribution in [0.15, 0.2) is 37.1 Å². The van der Waals surface area contributed by atoms with Gasteiger partial charge >= 0.3 is 0 Å². The zero-order chi connectivity index (χ0) is 27.3. The van der Waals surface area contributed by atoms with Gasteiger partial charge in [-0.2, -0.15) is 0 Å². The topological polar surface area (TPSA) is 192 Å². The molecule has 2 aliphatic heterocycles. The van der Waals surface area contributed by atoms with Crippen molar-refractivity contribution in [3.05, 3.63) is 37.1 Å². The summed E-state index contributed by atoms with van der Waals surface area (Å²) in [6, 6.07) is 5.20. The van der Waals surface area contributed by atoms with Gasteiger partial charge in [0, 0.05) is 36.4 Å². The third-order valence-electron chi connectivity index (χ3n) is 6.85. The fourth-order valence-electron chi connectivity index (χ4n) is 5.10. The minimum absolute atomic E-state index is 0.0182. The molecule has 5 heterocycles. The summed E-state index contributed by atoms with van der Waals surface area (Å²) in [6.45, 7) is 3.79. The van der Waals surface area contributed by atoms with Crippen molar-refractivity contribution in [1.29, 1.82) is 0 Å². The monoisotopic (exact) mass is 536 g/mol. The van der Waals surface area contributed by atoms with Crippen molar-refractivity contribution >= 4 is 45.3 Å². The quantitative estimate of drug-likeness (QED) is 0.231. The number of hydrogen-bond acceptors (Lipinski definition) is 10. The average Bonchev–Trinajstić information content (AvgIpc) is 3.64. The standard InChI is InChI=1S/C25H28N8O6/c1-25(2)38-19-15(37-24(20(19)39-25)33-11-31-18-21(26)29-10-30-22(18)33)9-27-16(34)6-7-17(35)32-14-5-3-4-12-13(14)8-28-23(12)36/h3-5,8,10-11,15,19-20,24,28,36H,6-7,9H2,1-2H3,(H,27,34)(H,32,35)(H2,26,29,30). The van der Waals surface area contributed by atoms with Crippen LogP contribution in [0.1, 0.15) is 32.9 Å². The second kappa shape index (κ2) is 9.48. The molecule has 0 bridgehead atoms. The largest absolute Gasteiger partial charge is 0.494 e. The Hall–Kier alpha value is -4.27. The highest BCUT2D eigenvalue weighted by atomic mass is 16.8. The number of nitrogens with zero attached hydrogens (tertiary/aromatic N) is 4. The molecular formula is C25H28N8O6. The van der Waals surface area contributed by atoms with E-state index < -0.39 is 30.3 Å². The minimum Gasteiger partial charge on any atom is -0.494 e. The van der Waals surface area contributed by atoms with Gasteiger partial charge in [0.25, 0.3) is 0 Å². The maximum atomic E-state index is 12.6. The lowest BCUT2D eigenvalue weighted by Crippen LogP contribution is -2.40. The molecule has 204 valence electrons. The first kappa shape index (κ1) is 25.0. The van der Waals surface area contributed by atoms with Gasteiger partial charge in [-0.3, -0.25) is 14.2 Å². The third-order valence-corrected chi connectivity index (χ3v) is 6.85. The number of aromatic amines is 1. The van der Waals surface area contributed by atoms with Gasteiger partial charge in [-0.15, -0.1) is 0 Å². The van der Waals surface area contributed by atoms with Gasteiger partial charge in [-0.1, -0.05) is 6.07 Å². The summed E-state index contributed by atoms with van der Waals surface area (Å²) >= 11 is 0. The maximum absolute atomic E-state index is 12.6. The summed E-state index contributed by atoms with van der Waals surface area (Å²) in [7, 11) is 0. The van der Waals surface area contributed by atoms with Crippen LogP contribution in [-0.2, 0) is 23.8 Å². The number of nitrogen functional groups attached to an aromatic ring is 1. The molecule has 6 rings (SSSR count). The van der Waals surface area contributed by atoms with Crippen LogP contribution in [0.4, 0.5) is 11.5 Å². The molecule has 39 heavy (non-hydrogen) atoms. The lowest BCUT2D eigenvalue weighted by molar-refractivity contribution is -0.195. The first-order chi connectivity index (χ1) is 18.7. The van der Waals surface area contributed by atoms with Crippen LogP contribution in [-0.4, -0.2) is 72.1 Å². The number of carbonyl (C=O) groups is 2. The van der Waals surface area contributed by atoms with Crippen molar-refractivity contribution in [2.24, 2.45) is 0 Å². The number of rotatable bonds is 7. The second-order valence-electron chi connectivity index (χ2n) is 9.97. The van der Waals surface area contributed by atoms with Gasteiger partial charge in [0.15, 0.2) is 29.4 Å². The molecule has 2 aliphatic rings. The Kier molecular flexibility index (Phi) is 6.09. The molecule has 0 spiro atoms. The number of anilines is 2. The lowest BCUT2D eigenvalue weighted by atomic mass is 10.1. The van der Waals surface area contributed by atoms with Gasteiger partial charge < -0.3 is 40.7 Å². The Balaban J connectivity index is 1.08. The number of nitrogens with one attached hydrogen (secondary N) is 3. The van der Waals surface area contributed by atoms with Gasteiger partial charge in [-0.05, 0) is 26.0 Å². The van der Waals surface area contributed by atoms with Gasteiger partial charge in [0.2, 0.25) is 11.8 Å². The van der Waals surface area contributed by atoms with Gasteiger partial charge in [0.05, 0.1) is 12.0 Å². The second-order valence-corrected chi connectivity index (χ2v) is 9.97. The average molecular weight is 537 g/mol. The molecule has 14 heteroatoms. The number of ether oxygens (including phenoxy) is 3. The maximum Gasteiger partial charge on any atom is 0.224 e. The number of aromatic hydroxyl groups is 1. The van der Waals surface area contributed by atoms with E-state index in [4.69, 9.17) is 19.9 Å². The van der Waals surface area contributed by atoms with Crippen molar-refractivity contribution in [1.82, 2.24) is 29.8 Å². The van der Waals surface area contributed by atoms with E-state index in [1.807, 2.05) is 13.8 Å². The predicted molar refractivity (Wildman–Crippen MR) is 138 cm³/mol. The summed E-state index contributed by atoms with van der Waals surface area (Å²) in [5.74, 6) is -1.19. The molecular weight excluding hydrogens is 508 g/mol. The van der Waals surface area contributed by atoms with Crippen molar-refractivity contribution in [2.45, 2.75) is 57.0 Å². The minimum atomic E-state index is -0.846. The third kappa shape index (κ3) is 4.62. The number of nitrogens with two attached hydrogens (primary N) is 1. The number of amides is 2. The molecule has 0 aliphatic carbocycles. The van der Waals surface area contributed by atoms with Crippen LogP contribution in [0.3, 0.4) is 0 Å². The number of benzene rings is 1. The smallest absolute Gasteiger partial charge is 0.224 e. The molecule has 2 amide bonds. The van der Waals surface area contributed by atoms with Crippen LogP contribution < -0.4 is 16.4 Å². The number of carbonyl (C=O) groups excluding carboxylic acids is 2. The Morgan fingerprint density at radius 1 is 1.13 bits per heavy atom. The Morgan fingerprint density at radius 2 is 1.92 bits per heavy atom. The number of H-pyrrole nitrogens is 1.